The molecule has 0 radical (unpaired) electrons. The van der Waals surface area contributed by atoms with Crippen molar-refractivity contribution in [3.8, 4) is 0 Å². The van der Waals surface area contributed by atoms with E-state index >= 15 is 0 Å². The van der Waals surface area contributed by atoms with E-state index in [1.807, 2.05) is 0 Å². The van der Waals surface area contributed by atoms with Gasteiger partial charge in [0.2, 0.25) is 0 Å². The Morgan fingerprint density at radius 3 is 2.22 bits per heavy atom. The number of nitrogens with zero attached hydrogens (tertiary/aromatic N) is 3. The molecule has 1 aromatic heterocycles. The van der Waals surface area contributed by atoms with Crippen molar-refractivity contribution >= 4 is 40.2 Å². The van der Waals surface area contributed by atoms with E-state index < -0.39 is 23.7 Å². The number of para-hydroxylation sites is 2. The lowest BCUT2D eigenvalue weighted by molar-refractivity contribution is -0.140. The van der Waals surface area contributed by atoms with Crippen molar-refractivity contribution < 1.29 is 18.0 Å². The number of rotatable bonds is 3. The number of hydrazine groups is 1. The minimum Gasteiger partial charge on any atom is -0.307 e. The minimum absolute atomic E-state index is 0.104. The van der Waals surface area contributed by atoms with Crippen molar-refractivity contribution in [3.05, 3.63) is 59.2 Å². The fourth-order valence-corrected chi connectivity index (χ4v) is 2.44. The summed E-state index contributed by atoms with van der Waals surface area (Å²) >= 11 is 5.76. The molecule has 2 aromatic carbocycles. The predicted octanol–water partition coefficient (Wildman–Crippen LogP) is 4.47. The zero-order chi connectivity index (χ0) is 19.6. The van der Waals surface area contributed by atoms with E-state index in [-0.39, 0.29) is 11.0 Å². The number of urea groups is 1. The largest absolute Gasteiger partial charge is 0.437 e. The van der Waals surface area contributed by atoms with Crippen LogP contribution in [0.1, 0.15) is 5.69 Å². The van der Waals surface area contributed by atoms with Crippen molar-refractivity contribution in [1.29, 1.82) is 0 Å². The molecule has 0 unspecified atom stereocenters. The van der Waals surface area contributed by atoms with E-state index in [4.69, 9.17) is 11.6 Å². The lowest BCUT2D eigenvalue weighted by Crippen LogP contribution is -2.43. The van der Waals surface area contributed by atoms with Crippen LogP contribution in [-0.2, 0) is 6.18 Å². The van der Waals surface area contributed by atoms with Crippen LogP contribution < -0.4 is 15.8 Å². The van der Waals surface area contributed by atoms with Crippen molar-refractivity contribution in [2.75, 3.05) is 17.4 Å². The zero-order valence-corrected chi connectivity index (χ0v) is 14.6. The van der Waals surface area contributed by atoms with Gasteiger partial charge in [-0.1, -0.05) is 23.7 Å². The van der Waals surface area contributed by atoms with Gasteiger partial charge in [0.1, 0.15) is 0 Å². The minimum atomic E-state index is -4.74. The average molecular weight is 396 g/mol. The van der Waals surface area contributed by atoms with Crippen LogP contribution in [0, 0.1) is 0 Å². The maximum Gasteiger partial charge on any atom is 0.437 e. The molecule has 0 fully saturated rings. The Balaban J connectivity index is 1.86. The molecule has 0 aliphatic rings. The Hall–Kier alpha value is -3.07. The number of hydrogen-bond acceptors (Lipinski definition) is 4. The van der Waals surface area contributed by atoms with E-state index in [1.165, 1.54) is 19.2 Å². The molecular weight excluding hydrogens is 383 g/mol. The van der Waals surface area contributed by atoms with Gasteiger partial charge in [0, 0.05) is 17.8 Å². The predicted molar refractivity (Wildman–Crippen MR) is 96.5 cm³/mol. The van der Waals surface area contributed by atoms with Crippen LogP contribution in [0.2, 0.25) is 5.02 Å². The summed E-state index contributed by atoms with van der Waals surface area (Å²) in [7, 11) is 1.25. The molecule has 0 aliphatic carbocycles. The molecule has 0 bridgehead atoms. The molecule has 0 saturated heterocycles. The van der Waals surface area contributed by atoms with Crippen LogP contribution in [0.4, 0.5) is 29.5 Å². The summed E-state index contributed by atoms with van der Waals surface area (Å²) < 4.78 is 40.2. The number of alkyl halides is 3. The summed E-state index contributed by atoms with van der Waals surface area (Å²) in [6.45, 7) is 0. The highest BCUT2D eigenvalue weighted by molar-refractivity contribution is 6.30. The van der Waals surface area contributed by atoms with Crippen LogP contribution in [0.3, 0.4) is 0 Å². The van der Waals surface area contributed by atoms with Gasteiger partial charge < -0.3 is 5.32 Å². The van der Waals surface area contributed by atoms with E-state index in [1.54, 1.807) is 36.4 Å². The monoisotopic (exact) mass is 395 g/mol. The SMILES string of the molecule is CN(NC(=O)Nc1ccc(Cl)cc1)c1nc2ccccc2nc1C(F)(F)F. The molecular formula is C17H13ClF3N5O. The number of anilines is 2. The summed E-state index contributed by atoms with van der Waals surface area (Å²) in [4.78, 5) is 19.7. The molecule has 10 heteroatoms. The molecule has 0 atom stereocenters. The number of benzene rings is 2. The first kappa shape index (κ1) is 18.7. The number of carbonyl (C=O) groups excluding carboxylic acids is 1. The molecule has 0 aliphatic heterocycles. The number of hydrogen-bond donors (Lipinski definition) is 2. The van der Waals surface area contributed by atoms with Gasteiger partial charge in [-0.2, -0.15) is 13.2 Å². The second-order valence-electron chi connectivity index (χ2n) is 5.51. The number of aromatic nitrogens is 2. The molecule has 0 saturated carbocycles. The summed E-state index contributed by atoms with van der Waals surface area (Å²) in [6.07, 6.45) is -4.74. The second-order valence-corrected chi connectivity index (χ2v) is 5.95. The Kier molecular flexibility index (Phi) is 5.04. The highest BCUT2D eigenvalue weighted by Crippen LogP contribution is 2.34. The smallest absolute Gasteiger partial charge is 0.307 e. The normalized spacial score (nSPS) is 11.3. The summed E-state index contributed by atoms with van der Waals surface area (Å²) in [5.74, 6) is -0.521. The van der Waals surface area contributed by atoms with Crippen LogP contribution in [0.5, 0.6) is 0 Å². The molecule has 3 aromatic rings. The Bertz CT molecular complexity index is 978. The fraction of sp³-hybridized carbons (Fsp3) is 0.118. The maximum atomic E-state index is 13.4. The van der Waals surface area contributed by atoms with Crippen LogP contribution >= 0.6 is 11.6 Å². The number of fused-ring (bicyclic) bond motifs is 1. The maximum absolute atomic E-state index is 13.4. The Morgan fingerprint density at radius 1 is 1.04 bits per heavy atom. The lowest BCUT2D eigenvalue weighted by Gasteiger charge is -2.22. The first-order valence-electron chi connectivity index (χ1n) is 7.65. The number of nitrogens with one attached hydrogen (secondary N) is 2. The Labute approximate surface area is 156 Å². The first-order valence-corrected chi connectivity index (χ1v) is 8.03. The number of amides is 2. The third-order valence-electron chi connectivity index (χ3n) is 3.51. The highest BCUT2D eigenvalue weighted by atomic mass is 35.5. The lowest BCUT2D eigenvalue weighted by atomic mass is 10.2. The van der Waals surface area contributed by atoms with Gasteiger partial charge in [0.25, 0.3) is 0 Å². The fourth-order valence-electron chi connectivity index (χ4n) is 2.31. The van der Waals surface area contributed by atoms with Crippen LogP contribution in [-0.4, -0.2) is 23.0 Å². The van der Waals surface area contributed by atoms with E-state index in [0.717, 1.165) is 5.01 Å². The molecule has 6 nitrogen and oxygen atoms in total. The third kappa shape index (κ3) is 4.37. The quantitative estimate of drug-likeness (QED) is 0.642. The van der Waals surface area contributed by atoms with Gasteiger partial charge in [-0.05, 0) is 36.4 Å². The molecule has 2 N–H and O–H groups in total. The van der Waals surface area contributed by atoms with Gasteiger partial charge in [-0.15, -0.1) is 0 Å². The summed E-state index contributed by atoms with van der Waals surface area (Å²) in [6, 6.07) is 11.7. The van der Waals surface area contributed by atoms with Gasteiger partial charge in [-0.25, -0.2) is 20.2 Å². The van der Waals surface area contributed by atoms with Gasteiger partial charge in [0.15, 0.2) is 11.5 Å². The van der Waals surface area contributed by atoms with E-state index in [9.17, 15) is 18.0 Å². The first-order chi connectivity index (χ1) is 12.7. The molecule has 27 heavy (non-hydrogen) atoms. The van der Waals surface area contributed by atoms with E-state index in [2.05, 4.69) is 20.7 Å². The van der Waals surface area contributed by atoms with Gasteiger partial charge in [-0.3, -0.25) is 5.01 Å². The van der Waals surface area contributed by atoms with Crippen molar-refractivity contribution in [1.82, 2.24) is 15.4 Å². The van der Waals surface area contributed by atoms with Gasteiger partial charge in [0.05, 0.1) is 11.0 Å². The second kappa shape index (κ2) is 7.28. The van der Waals surface area contributed by atoms with Crippen molar-refractivity contribution in [2.24, 2.45) is 0 Å². The van der Waals surface area contributed by atoms with Crippen molar-refractivity contribution in [2.45, 2.75) is 6.18 Å². The van der Waals surface area contributed by atoms with E-state index in [0.29, 0.717) is 10.7 Å². The van der Waals surface area contributed by atoms with Crippen LogP contribution in [0.25, 0.3) is 11.0 Å². The Morgan fingerprint density at radius 2 is 1.63 bits per heavy atom. The molecule has 1 heterocycles. The van der Waals surface area contributed by atoms with Gasteiger partial charge >= 0.3 is 12.2 Å². The molecule has 140 valence electrons. The molecule has 2 amide bonds. The topological polar surface area (TPSA) is 70.2 Å². The average Bonchev–Trinajstić information content (AvgIpc) is 2.61. The summed E-state index contributed by atoms with van der Waals surface area (Å²) in [5.41, 5.74) is 1.88. The third-order valence-corrected chi connectivity index (χ3v) is 3.76. The number of halogens is 4. The van der Waals surface area contributed by atoms with Crippen LogP contribution in [0.15, 0.2) is 48.5 Å². The summed E-state index contributed by atoms with van der Waals surface area (Å²) in [5, 5.41) is 3.84. The number of carbonyl (C=O) groups is 1. The highest BCUT2D eigenvalue weighted by Gasteiger charge is 2.38. The standard InChI is InChI=1S/C17H13ClF3N5O/c1-26(25-16(27)22-11-8-6-10(18)7-9-11)15-14(17(19,20)21)23-12-4-2-3-5-13(12)24-15/h2-9H,1H3,(H2,22,25,27). The zero-order valence-electron chi connectivity index (χ0n) is 13.9. The van der Waals surface area contributed by atoms with Crippen molar-refractivity contribution in [3.63, 3.8) is 0 Å². The molecule has 3 rings (SSSR count). The molecule has 0 spiro atoms.